The molecule has 1 heterocycles. The smallest absolute Gasteiger partial charge is 0.125 e. The Morgan fingerprint density at radius 2 is 2.14 bits per heavy atom. The van der Waals surface area contributed by atoms with Gasteiger partial charge < -0.3 is 5.32 Å². The number of thiazole rings is 1. The highest BCUT2D eigenvalue weighted by atomic mass is 35.5. The number of benzene rings is 1. The highest BCUT2D eigenvalue weighted by molar-refractivity contribution is 7.15. The summed E-state index contributed by atoms with van der Waals surface area (Å²) in [5.74, 6) is -0.323. The van der Waals surface area contributed by atoms with E-state index >= 15 is 0 Å². The van der Waals surface area contributed by atoms with E-state index < -0.39 is 0 Å². The van der Waals surface area contributed by atoms with Crippen LogP contribution in [-0.2, 0) is 13.0 Å². The zero-order chi connectivity index (χ0) is 15.4. The molecule has 0 fully saturated rings. The first kappa shape index (κ1) is 16.4. The summed E-state index contributed by atoms with van der Waals surface area (Å²) in [7, 11) is 0. The van der Waals surface area contributed by atoms with Gasteiger partial charge in [-0.05, 0) is 24.6 Å². The molecule has 1 aromatic heterocycles. The first-order chi connectivity index (χ1) is 10.0. The van der Waals surface area contributed by atoms with Gasteiger partial charge in [0.15, 0.2) is 0 Å². The molecule has 0 saturated heterocycles. The molecular weight excluding hydrogens is 307 g/mol. The standard InChI is InChI=1S/C16H20ClFN2S/c1-4-5-14-15(9-19-10(2)3)21-16(20-14)12-7-6-11(18)8-13(12)17/h6-8,10,19H,4-5,9H2,1-3H3. The molecule has 2 nitrogen and oxygen atoms in total. The number of hydrogen-bond donors (Lipinski definition) is 1. The normalized spacial score (nSPS) is 11.3. The third-order valence-corrected chi connectivity index (χ3v) is 4.54. The number of hydrogen-bond acceptors (Lipinski definition) is 3. The molecule has 2 aromatic rings. The topological polar surface area (TPSA) is 24.9 Å². The molecule has 114 valence electrons. The summed E-state index contributed by atoms with van der Waals surface area (Å²) >= 11 is 7.78. The van der Waals surface area contributed by atoms with E-state index in [1.54, 1.807) is 17.4 Å². The van der Waals surface area contributed by atoms with Gasteiger partial charge in [-0.25, -0.2) is 9.37 Å². The van der Waals surface area contributed by atoms with Crippen LogP contribution in [0.3, 0.4) is 0 Å². The van der Waals surface area contributed by atoms with Gasteiger partial charge in [0.2, 0.25) is 0 Å². The average Bonchev–Trinajstić information content (AvgIpc) is 2.80. The maximum absolute atomic E-state index is 13.2. The van der Waals surface area contributed by atoms with Crippen molar-refractivity contribution in [2.24, 2.45) is 0 Å². The van der Waals surface area contributed by atoms with Gasteiger partial charge in [0.25, 0.3) is 0 Å². The van der Waals surface area contributed by atoms with Crippen molar-refractivity contribution in [2.75, 3.05) is 0 Å². The lowest BCUT2D eigenvalue weighted by molar-refractivity contribution is 0.589. The van der Waals surface area contributed by atoms with Crippen LogP contribution in [-0.4, -0.2) is 11.0 Å². The quantitative estimate of drug-likeness (QED) is 0.803. The predicted octanol–water partition coefficient (Wildman–Crippen LogP) is 5.05. The molecule has 0 aliphatic heterocycles. The number of nitrogens with zero attached hydrogens (tertiary/aromatic N) is 1. The van der Waals surface area contributed by atoms with Crippen molar-refractivity contribution in [1.82, 2.24) is 10.3 Å². The maximum Gasteiger partial charge on any atom is 0.125 e. The fourth-order valence-electron chi connectivity index (χ4n) is 2.03. The van der Waals surface area contributed by atoms with Gasteiger partial charge >= 0.3 is 0 Å². The SMILES string of the molecule is CCCc1nc(-c2ccc(F)cc2Cl)sc1CNC(C)C. The van der Waals surface area contributed by atoms with Crippen molar-refractivity contribution in [2.45, 2.75) is 46.2 Å². The number of rotatable bonds is 6. The summed E-state index contributed by atoms with van der Waals surface area (Å²) in [5, 5.41) is 4.70. The van der Waals surface area contributed by atoms with E-state index in [1.165, 1.54) is 17.0 Å². The van der Waals surface area contributed by atoms with E-state index in [9.17, 15) is 4.39 Å². The Balaban J connectivity index is 2.33. The van der Waals surface area contributed by atoms with E-state index in [4.69, 9.17) is 16.6 Å². The number of nitrogens with one attached hydrogen (secondary N) is 1. The summed E-state index contributed by atoms with van der Waals surface area (Å²) in [5.41, 5.74) is 1.92. The Bertz CT molecular complexity index is 610. The molecule has 5 heteroatoms. The molecule has 21 heavy (non-hydrogen) atoms. The highest BCUT2D eigenvalue weighted by Crippen LogP contribution is 2.34. The van der Waals surface area contributed by atoms with Crippen LogP contribution in [0.25, 0.3) is 10.6 Å². The Morgan fingerprint density at radius 1 is 1.38 bits per heavy atom. The number of aryl methyl sites for hydroxylation is 1. The van der Waals surface area contributed by atoms with Crippen LogP contribution in [0.5, 0.6) is 0 Å². The number of halogens is 2. The van der Waals surface area contributed by atoms with Crippen molar-refractivity contribution < 1.29 is 4.39 Å². The second-order valence-corrected chi connectivity index (χ2v) is 6.79. The zero-order valence-electron chi connectivity index (χ0n) is 12.5. The molecule has 0 atom stereocenters. The number of aromatic nitrogens is 1. The van der Waals surface area contributed by atoms with Gasteiger partial charge in [-0.3, -0.25) is 0 Å². The van der Waals surface area contributed by atoms with Crippen LogP contribution < -0.4 is 5.32 Å². The first-order valence-electron chi connectivity index (χ1n) is 7.18. The van der Waals surface area contributed by atoms with Crippen LogP contribution in [0.4, 0.5) is 4.39 Å². The monoisotopic (exact) mass is 326 g/mol. The van der Waals surface area contributed by atoms with E-state index in [1.807, 2.05) is 0 Å². The molecule has 0 spiro atoms. The van der Waals surface area contributed by atoms with Crippen molar-refractivity contribution in [3.8, 4) is 10.6 Å². The lowest BCUT2D eigenvalue weighted by Crippen LogP contribution is -2.21. The molecule has 0 unspecified atom stereocenters. The molecule has 0 saturated carbocycles. The third-order valence-electron chi connectivity index (χ3n) is 3.10. The lowest BCUT2D eigenvalue weighted by atomic mass is 10.2. The fraction of sp³-hybridized carbons (Fsp3) is 0.438. The van der Waals surface area contributed by atoms with Gasteiger partial charge in [-0.15, -0.1) is 11.3 Å². The van der Waals surface area contributed by atoms with Gasteiger partial charge in [0, 0.05) is 23.0 Å². The van der Waals surface area contributed by atoms with Gasteiger partial charge in [-0.2, -0.15) is 0 Å². The zero-order valence-corrected chi connectivity index (χ0v) is 14.1. The molecule has 0 bridgehead atoms. The molecule has 0 aliphatic rings. The predicted molar refractivity (Wildman–Crippen MR) is 88.5 cm³/mol. The van der Waals surface area contributed by atoms with Crippen molar-refractivity contribution >= 4 is 22.9 Å². The molecule has 0 radical (unpaired) electrons. The summed E-state index contributed by atoms with van der Waals surface area (Å²) in [6, 6.07) is 4.89. The molecule has 0 aliphatic carbocycles. The largest absolute Gasteiger partial charge is 0.310 e. The Labute approximate surface area is 134 Å². The van der Waals surface area contributed by atoms with Crippen molar-refractivity contribution in [3.05, 3.63) is 39.6 Å². The second kappa shape index (κ2) is 7.34. The fourth-order valence-corrected chi connectivity index (χ4v) is 3.44. The van der Waals surface area contributed by atoms with Crippen LogP contribution in [0.15, 0.2) is 18.2 Å². The van der Waals surface area contributed by atoms with Gasteiger partial charge in [-0.1, -0.05) is 38.8 Å². The van der Waals surface area contributed by atoms with E-state index in [2.05, 4.69) is 26.1 Å². The molecular formula is C16H20ClFN2S. The summed E-state index contributed by atoms with van der Waals surface area (Å²) in [4.78, 5) is 5.95. The maximum atomic E-state index is 13.2. The summed E-state index contributed by atoms with van der Waals surface area (Å²) in [6.45, 7) is 7.20. The summed E-state index contributed by atoms with van der Waals surface area (Å²) in [6.07, 6.45) is 2.00. The molecule has 0 amide bonds. The minimum Gasteiger partial charge on any atom is -0.310 e. The van der Waals surface area contributed by atoms with Crippen LogP contribution in [0.1, 0.15) is 37.8 Å². The highest BCUT2D eigenvalue weighted by Gasteiger charge is 2.14. The van der Waals surface area contributed by atoms with Crippen LogP contribution >= 0.6 is 22.9 Å². The van der Waals surface area contributed by atoms with E-state index in [0.717, 1.165) is 35.7 Å². The average molecular weight is 327 g/mol. The van der Waals surface area contributed by atoms with Gasteiger partial charge in [0.05, 0.1) is 10.7 Å². The Hall–Kier alpha value is -0.970. The van der Waals surface area contributed by atoms with E-state index in [-0.39, 0.29) is 5.82 Å². The van der Waals surface area contributed by atoms with Crippen molar-refractivity contribution in [3.63, 3.8) is 0 Å². The Kier molecular flexibility index (Phi) is 5.73. The van der Waals surface area contributed by atoms with Crippen LogP contribution in [0.2, 0.25) is 5.02 Å². The van der Waals surface area contributed by atoms with Crippen molar-refractivity contribution in [1.29, 1.82) is 0 Å². The minimum atomic E-state index is -0.323. The lowest BCUT2D eigenvalue weighted by Gasteiger charge is -2.07. The third kappa shape index (κ3) is 4.25. The molecule has 2 rings (SSSR count). The Morgan fingerprint density at radius 3 is 2.76 bits per heavy atom. The summed E-state index contributed by atoms with van der Waals surface area (Å²) < 4.78 is 13.2. The van der Waals surface area contributed by atoms with Crippen LogP contribution in [0, 0.1) is 5.82 Å². The molecule has 1 N–H and O–H groups in total. The van der Waals surface area contributed by atoms with E-state index in [0.29, 0.717) is 11.1 Å². The molecule has 1 aromatic carbocycles. The van der Waals surface area contributed by atoms with Gasteiger partial charge in [0.1, 0.15) is 10.8 Å². The minimum absolute atomic E-state index is 0.323. The second-order valence-electron chi connectivity index (χ2n) is 5.30. The first-order valence-corrected chi connectivity index (χ1v) is 8.38.